The quantitative estimate of drug-likeness (QED) is 0.363. The number of halogens is 2. The first-order valence-electron chi connectivity index (χ1n) is 13.1. The molecule has 10 heteroatoms. The van der Waals surface area contributed by atoms with Crippen LogP contribution in [0.2, 0.25) is 10.0 Å². The summed E-state index contributed by atoms with van der Waals surface area (Å²) in [7, 11) is -3.70. The lowest BCUT2D eigenvalue weighted by Gasteiger charge is -2.36. The van der Waals surface area contributed by atoms with E-state index in [1.165, 1.54) is 33.6 Å². The maximum absolute atomic E-state index is 13.2. The molecule has 0 N–H and O–H groups in total. The Kier molecular flexibility index (Phi) is 7.22. The van der Waals surface area contributed by atoms with Crippen LogP contribution in [0.3, 0.4) is 0 Å². The SMILES string of the molecule is O=C(OCc1ccccc1)N1CC[C@@H]2C[C@@H]1c1cc(N3CCN(S(=O)(=O)c4cc(Cl)cc(Cl)c4)CC3)ccc12. The number of anilines is 1. The average Bonchev–Trinajstić information content (AvgIpc) is 3.22. The van der Waals surface area contributed by atoms with Crippen molar-refractivity contribution < 1.29 is 17.9 Å². The molecule has 0 saturated carbocycles. The summed E-state index contributed by atoms with van der Waals surface area (Å²) in [6.07, 6.45) is 1.56. The van der Waals surface area contributed by atoms with Crippen molar-refractivity contribution in [1.82, 2.24) is 9.21 Å². The molecule has 6 rings (SSSR count). The van der Waals surface area contributed by atoms with Crippen molar-refractivity contribution in [2.75, 3.05) is 37.6 Å². The van der Waals surface area contributed by atoms with Gasteiger partial charge in [-0.15, -0.1) is 0 Å². The van der Waals surface area contributed by atoms with Gasteiger partial charge in [-0.1, -0.05) is 59.6 Å². The highest BCUT2D eigenvalue weighted by Crippen LogP contribution is 2.50. The minimum atomic E-state index is -3.70. The van der Waals surface area contributed by atoms with Gasteiger partial charge in [0.1, 0.15) is 6.61 Å². The van der Waals surface area contributed by atoms with Gasteiger partial charge < -0.3 is 14.5 Å². The number of benzene rings is 3. The first-order chi connectivity index (χ1) is 18.8. The largest absolute Gasteiger partial charge is 0.445 e. The van der Waals surface area contributed by atoms with Crippen LogP contribution in [0.4, 0.5) is 10.5 Å². The number of hydrogen-bond acceptors (Lipinski definition) is 5. The molecule has 0 aromatic heterocycles. The Bertz CT molecular complexity index is 1470. The minimum Gasteiger partial charge on any atom is -0.445 e. The number of carbonyl (C=O) groups is 1. The standard InChI is InChI=1S/C29H29Cl2N3O4S/c30-22-15-23(31)17-25(16-22)39(36,37)33-12-10-32(11-13-33)24-6-7-26-21-8-9-34(28(14-21)27(26)18-24)29(35)38-19-20-4-2-1-3-5-20/h1-7,15-18,21,28H,8-14,19H2/t21-,28-/m1/s1. The van der Waals surface area contributed by atoms with Crippen molar-refractivity contribution in [1.29, 1.82) is 0 Å². The maximum atomic E-state index is 13.2. The van der Waals surface area contributed by atoms with Crippen LogP contribution >= 0.6 is 23.2 Å². The van der Waals surface area contributed by atoms with E-state index in [1.807, 2.05) is 35.2 Å². The predicted molar refractivity (Wildman–Crippen MR) is 152 cm³/mol. The number of ether oxygens (including phenoxy) is 1. The van der Waals surface area contributed by atoms with E-state index in [4.69, 9.17) is 27.9 Å². The van der Waals surface area contributed by atoms with Gasteiger partial charge in [-0.2, -0.15) is 4.31 Å². The average molecular weight is 587 g/mol. The Morgan fingerprint density at radius 1 is 0.872 bits per heavy atom. The zero-order chi connectivity index (χ0) is 27.1. The van der Waals surface area contributed by atoms with Crippen LogP contribution in [0.1, 0.15) is 41.5 Å². The van der Waals surface area contributed by atoms with E-state index >= 15 is 0 Å². The van der Waals surface area contributed by atoms with E-state index in [1.54, 1.807) is 0 Å². The number of likely N-dealkylation sites (tertiary alicyclic amines) is 1. The number of piperidine rings is 1. The molecule has 2 atom stereocenters. The third kappa shape index (κ3) is 5.23. The van der Waals surface area contributed by atoms with E-state index in [0.717, 1.165) is 24.1 Å². The Labute approximate surface area is 238 Å². The molecule has 0 radical (unpaired) electrons. The zero-order valence-electron chi connectivity index (χ0n) is 21.3. The van der Waals surface area contributed by atoms with Crippen LogP contribution < -0.4 is 4.90 Å². The van der Waals surface area contributed by atoms with Gasteiger partial charge in [0.05, 0.1) is 10.9 Å². The van der Waals surface area contributed by atoms with Crippen molar-refractivity contribution in [2.24, 2.45) is 0 Å². The third-order valence-corrected chi connectivity index (χ3v) is 10.3. The maximum Gasteiger partial charge on any atom is 0.410 e. The molecule has 2 bridgehead atoms. The summed E-state index contributed by atoms with van der Waals surface area (Å²) in [5, 5.41) is 0.585. The molecular weight excluding hydrogens is 557 g/mol. The lowest BCUT2D eigenvalue weighted by atomic mass is 9.96. The van der Waals surface area contributed by atoms with E-state index in [-0.39, 0.29) is 23.6 Å². The summed E-state index contributed by atoms with van der Waals surface area (Å²) < 4.78 is 33.6. The van der Waals surface area contributed by atoms with Gasteiger partial charge in [-0.25, -0.2) is 13.2 Å². The van der Waals surface area contributed by atoms with E-state index < -0.39 is 10.0 Å². The van der Waals surface area contributed by atoms with Crippen LogP contribution in [0.15, 0.2) is 71.6 Å². The normalized spacial score (nSPS) is 21.1. The van der Waals surface area contributed by atoms with Crippen molar-refractivity contribution in [3.8, 4) is 0 Å². The van der Waals surface area contributed by atoms with Crippen LogP contribution in [-0.4, -0.2) is 56.4 Å². The second-order valence-corrected chi connectivity index (χ2v) is 13.1. The molecule has 3 aliphatic rings. The van der Waals surface area contributed by atoms with Crippen molar-refractivity contribution in [3.05, 3.63) is 93.5 Å². The smallest absolute Gasteiger partial charge is 0.410 e. The Morgan fingerprint density at radius 3 is 2.31 bits per heavy atom. The number of carbonyl (C=O) groups excluding carboxylic acids is 1. The Morgan fingerprint density at radius 2 is 1.59 bits per heavy atom. The number of sulfonamides is 1. The number of amides is 1. The molecule has 3 aromatic carbocycles. The van der Waals surface area contributed by atoms with Gasteiger partial charge in [0.15, 0.2) is 0 Å². The molecule has 2 heterocycles. The number of fused-ring (bicyclic) bond motifs is 5. The molecule has 2 fully saturated rings. The molecule has 2 saturated heterocycles. The number of nitrogens with zero attached hydrogens (tertiary/aromatic N) is 3. The van der Waals surface area contributed by atoms with Gasteiger partial charge in [0.2, 0.25) is 10.0 Å². The van der Waals surface area contributed by atoms with Gasteiger partial charge in [-0.3, -0.25) is 0 Å². The highest BCUT2D eigenvalue weighted by Gasteiger charge is 2.42. The molecule has 1 amide bonds. The van der Waals surface area contributed by atoms with Gasteiger partial charge in [-0.05, 0) is 65.8 Å². The topological polar surface area (TPSA) is 70.2 Å². The molecule has 3 aromatic rings. The summed E-state index contributed by atoms with van der Waals surface area (Å²) in [6.45, 7) is 2.76. The summed E-state index contributed by atoms with van der Waals surface area (Å²) >= 11 is 12.1. The lowest BCUT2D eigenvalue weighted by Crippen LogP contribution is -2.48. The van der Waals surface area contributed by atoms with Crippen molar-refractivity contribution >= 4 is 45.0 Å². The predicted octanol–water partition coefficient (Wildman–Crippen LogP) is 6.08. The fourth-order valence-corrected chi connectivity index (χ4v) is 8.15. The fourth-order valence-electron chi connectivity index (χ4n) is 6.00. The molecule has 1 aliphatic carbocycles. The Balaban J connectivity index is 1.14. The molecule has 0 spiro atoms. The number of piperazine rings is 1. The second-order valence-electron chi connectivity index (χ2n) is 10.3. The van der Waals surface area contributed by atoms with Crippen molar-refractivity contribution in [3.63, 3.8) is 0 Å². The summed E-state index contributed by atoms with van der Waals surface area (Å²) in [5.41, 5.74) is 4.49. The molecule has 0 unspecified atom stereocenters. The van der Waals surface area contributed by atoms with Crippen LogP contribution in [0, 0.1) is 0 Å². The summed E-state index contributed by atoms with van der Waals surface area (Å²) in [5.74, 6) is 0.448. The zero-order valence-corrected chi connectivity index (χ0v) is 23.6. The highest BCUT2D eigenvalue weighted by molar-refractivity contribution is 7.89. The van der Waals surface area contributed by atoms with Crippen molar-refractivity contribution in [2.45, 2.75) is 36.3 Å². The lowest BCUT2D eigenvalue weighted by molar-refractivity contribution is 0.0694. The molecule has 7 nitrogen and oxygen atoms in total. The second kappa shape index (κ2) is 10.7. The van der Waals surface area contributed by atoms with Gasteiger partial charge >= 0.3 is 6.09 Å². The van der Waals surface area contributed by atoms with E-state index in [9.17, 15) is 13.2 Å². The number of hydrogen-bond donors (Lipinski definition) is 0. The molecule has 2 aliphatic heterocycles. The van der Waals surface area contributed by atoms with E-state index in [2.05, 4.69) is 23.1 Å². The minimum absolute atomic E-state index is 0.00350. The fraction of sp³-hybridized carbons (Fsp3) is 0.345. The highest BCUT2D eigenvalue weighted by atomic mass is 35.5. The summed E-state index contributed by atoms with van der Waals surface area (Å²) in [4.78, 5) is 17.2. The number of rotatable bonds is 5. The van der Waals surface area contributed by atoms with Crippen LogP contribution in [-0.2, 0) is 21.4 Å². The third-order valence-electron chi connectivity index (χ3n) is 7.99. The monoisotopic (exact) mass is 585 g/mol. The van der Waals surface area contributed by atoms with Gasteiger partial charge in [0, 0.05) is 48.5 Å². The first-order valence-corrected chi connectivity index (χ1v) is 15.3. The molecule has 204 valence electrons. The van der Waals surface area contributed by atoms with Gasteiger partial charge in [0.25, 0.3) is 0 Å². The summed E-state index contributed by atoms with van der Waals surface area (Å²) in [6, 6.07) is 20.6. The Hall–Kier alpha value is -2.78. The molecule has 39 heavy (non-hydrogen) atoms. The van der Waals surface area contributed by atoms with Crippen LogP contribution in [0.25, 0.3) is 0 Å². The van der Waals surface area contributed by atoms with Crippen LogP contribution in [0.5, 0.6) is 0 Å². The first kappa shape index (κ1) is 26.4. The van der Waals surface area contributed by atoms with E-state index in [0.29, 0.717) is 48.7 Å². The molecular formula is C29H29Cl2N3O4S.